The van der Waals surface area contributed by atoms with Crippen molar-refractivity contribution in [3.63, 3.8) is 0 Å². The van der Waals surface area contributed by atoms with Crippen molar-refractivity contribution in [1.29, 1.82) is 0 Å². The van der Waals surface area contributed by atoms with Crippen LogP contribution in [0.15, 0.2) is 23.1 Å². The first-order valence-corrected chi connectivity index (χ1v) is 8.27. The summed E-state index contributed by atoms with van der Waals surface area (Å²) < 4.78 is 26.6. The number of rotatable bonds is 7. The molecular weight excluding hydrogens is 284 g/mol. The Labute approximate surface area is 120 Å². The highest BCUT2D eigenvalue weighted by Crippen LogP contribution is 2.26. The van der Waals surface area contributed by atoms with Gasteiger partial charge in [-0.1, -0.05) is 31.5 Å². The SMILES string of the molecule is CCCN(CCC)S(=O)(=O)c1ccc(CN)cc1Cl. The minimum atomic E-state index is -3.52. The molecule has 0 amide bonds. The first-order chi connectivity index (χ1) is 8.97. The maximum Gasteiger partial charge on any atom is 0.244 e. The lowest BCUT2D eigenvalue weighted by molar-refractivity contribution is 0.410. The van der Waals surface area contributed by atoms with E-state index < -0.39 is 10.0 Å². The fourth-order valence-corrected chi connectivity index (χ4v) is 4.04. The third kappa shape index (κ3) is 3.92. The number of nitrogens with zero attached hydrogens (tertiary/aromatic N) is 1. The number of hydrogen-bond acceptors (Lipinski definition) is 3. The quantitative estimate of drug-likeness (QED) is 0.842. The lowest BCUT2D eigenvalue weighted by Gasteiger charge is -2.21. The molecular formula is C13H21ClN2O2S. The summed E-state index contributed by atoms with van der Waals surface area (Å²) in [6, 6.07) is 4.86. The molecule has 108 valence electrons. The van der Waals surface area contributed by atoms with Crippen molar-refractivity contribution >= 4 is 21.6 Å². The molecule has 0 spiro atoms. The molecule has 0 aliphatic carbocycles. The predicted octanol–water partition coefficient (Wildman–Crippen LogP) is 2.61. The van der Waals surface area contributed by atoms with Crippen LogP contribution in [0.4, 0.5) is 0 Å². The van der Waals surface area contributed by atoms with Crippen LogP contribution in [-0.2, 0) is 16.6 Å². The number of sulfonamides is 1. The molecule has 0 fully saturated rings. The van der Waals surface area contributed by atoms with Crippen molar-refractivity contribution in [2.24, 2.45) is 5.73 Å². The number of nitrogens with two attached hydrogens (primary N) is 1. The van der Waals surface area contributed by atoms with Gasteiger partial charge in [0.25, 0.3) is 0 Å². The van der Waals surface area contributed by atoms with E-state index in [4.69, 9.17) is 17.3 Å². The van der Waals surface area contributed by atoms with Crippen molar-refractivity contribution in [1.82, 2.24) is 4.31 Å². The summed E-state index contributed by atoms with van der Waals surface area (Å²) in [5, 5.41) is 0.236. The van der Waals surface area contributed by atoms with Gasteiger partial charge in [0.1, 0.15) is 4.90 Å². The van der Waals surface area contributed by atoms with Gasteiger partial charge in [-0.15, -0.1) is 0 Å². The van der Waals surface area contributed by atoms with E-state index in [1.807, 2.05) is 13.8 Å². The molecule has 1 rings (SSSR count). The molecule has 2 N–H and O–H groups in total. The topological polar surface area (TPSA) is 63.4 Å². The second-order valence-electron chi connectivity index (χ2n) is 4.37. The fraction of sp³-hybridized carbons (Fsp3) is 0.538. The van der Waals surface area contributed by atoms with Gasteiger partial charge < -0.3 is 5.73 Å². The van der Waals surface area contributed by atoms with Crippen molar-refractivity contribution in [2.75, 3.05) is 13.1 Å². The molecule has 6 heteroatoms. The summed E-state index contributed by atoms with van der Waals surface area (Å²) in [7, 11) is -3.52. The Bertz CT molecular complexity index is 511. The summed E-state index contributed by atoms with van der Waals surface area (Å²) >= 11 is 6.08. The zero-order valence-electron chi connectivity index (χ0n) is 11.4. The second kappa shape index (κ2) is 7.24. The molecule has 19 heavy (non-hydrogen) atoms. The zero-order chi connectivity index (χ0) is 14.5. The summed E-state index contributed by atoms with van der Waals surface area (Å²) in [6.45, 7) is 5.26. The molecule has 0 bridgehead atoms. The van der Waals surface area contributed by atoms with Crippen LogP contribution < -0.4 is 5.73 Å². The molecule has 0 aliphatic rings. The molecule has 0 radical (unpaired) electrons. The van der Waals surface area contributed by atoms with Gasteiger partial charge in [-0.3, -0.25) is 0 Å². The van der Waals surface area contributed by atoms with Crippen LogP contribution in [0, 0.1) is 0 Å². The molecule has 1 aromatic carbocycles. The van der Waals surface area contributed by atoms with E-state index in [0.717, 1.165) is 18.4 Å². The zero-order valence-corrected chi connectivity index (χ0v) is 13.0. The van der Waals surface area contributed by atoms with E-state index in [1.165, 1.54) is 10.4 Å². The Kier molecular flexibility index (Phi) is 6.26. The number of hydrogen-bond donors (Lipinski definition) is 1. The minimum absolute atomic E-state index is 0.160. The van der Waals surface area contributed by atoms with Crippen LogP contribution in [0.3, 0.4) is 0 Å². The lowest BCUT2D eigenvalue weighted by Crippen LogP contribution is -2.32. The van der Waals surface area contributed by atoms with Gasteiger partial charge in [0.2, 0.25) is 10.0 Å². The standard InChI is InChI=1S/C13H21ClN2O2S/c1-3-7-16(8-4-2)19(17,18)13-6-5-11(10-15)9-12(13)14/h5-6,9H,3-4,7-8,10,15H2,1-2H3. The van der Waals surface area contributed by atoms with E-state index in [2.05, 4.69) is 0 Å². The van der Waals surface area contributed by atoms with Gasteiger partial charge >= 0.3 is 0 Å². The maximum absolute atomic E-state index is 12.5. The Balaban J connectivity index is 3.17. The summed E-state index contributed by atoms with van der Waals surface area (Å²) in [5.41, 5.74) is 6.34. The second-order valence-corrected chi connectivity index (χ2v) is 6.69. The van der Waals surface area contributed by atoms with Gasteiger partial charge in [-0.05, 0) is 30.5 Å². The highest BCUT2D eigenvalue weighted by molar-refractivity contribution is 7.89. The minimum Gasteiger partial charge on any atom is -0.326 e. The Morgan fingerprint density at radius 1 is 1.21 bits per heavy atom. The average Bonchev–Trinajstić information content (AvgIpc) is 2.38. The van der Waals surface area contributed by atoms with E-state index in [-0.39, 0.29) is 9.92 Å². The molecule has 1 aromatic rings. The van der Waals surface area contributed by atoms with Crippen molar-refractivity contribution in [3.05, 3.63) is 28.8 Å². The lowest BCUT2D eigenvalue weighted by atomic mass is 10.2. The van der Waals surface area contributed by atoms with E-state index in [0.29, 0.717) is 19.6 Å². The molecule has 0 saturated carbocycles. The normalized spacial score (nSPS) is 12.1. The van der Waals surface area contributed by atoms with Gasteiger partial charge in [0.15, 0.2) is 0 Å². The third-order valence-electron chi connectivity index (χ3n) is 2.80. The van der Waals surface area contributed by atoms with Gasteiger partial charge in [-0.2, -0.15) is 4.31 Å². The fourth-order valence-electron chi connectivity index (χ4n) is 1.87. The first-order valence-electron chi connectivity index (χ1n) is 6.46. The van der Waals surface area contributed by atoms with Gasteiger partial charge in [0, 0.05) is 19.6 Å². The number of benzene rings is 1. The monoisotopic (exact) mass is 304 g/mol. The molecule has 0 saturated heterocycles. The highest BCUT2D eigenvalue weighted by atomic mass is 35.5. The molecule has 0 aromatic heterocycles. The van der Waals surface area contributed by atoms with Crippen LogP contribution in [-0.4, -0.2) is 25.8 Å². The van der Waals surface area contributed by atoms with Crippen LogP contribution in [0.25, 0.3) is 0 Å². The number of halogens is 1. The summed E-state index contributed by atoms with van der Waals surface area (Å²) in [4.78, 5) is 0.160. The average molecular weight is 305 g/mol. The molecule has 0 atom stereocenters. The van der Waals surface area contributed by atoms with Gasteiger partial charge in [0.05, 0.1) is 5.02 Å². The Morgan fingerprint density at radius 3 is 2.21 bits per heavy atom. The van der Waals surface area contributed by atoms with Crippen LogP contribution in [0.2, 0.25) is 5.02 Å². The van der Waals surface area contributed by atoms with Crippen molar-refractivity contribution < 1.29 is 8.42 Å². The smallest absolute Gasteiger partial charge is 0.244 e. The van der Waals surface area contributed by atoms with E-state index in [9.17, 15) is 8.42 Å². The molecule has 0 unspecified atom stereocenters. The first kappa shape index (κ1) is 16.4. The van der Waals surface area contributed by atoms with Crippen LogP contribution in [0.5, 0.6) is 0 Å². The Hall–Kier alpha value is -0.620. The Morgan fingerprint density at radius 2 is 1.79 bits per heavy atom. The van der Waals surface area contributed by atoms with Crippen LogP contribution in [0.1, 0.15) is 32.3 Å². The van der Waals surface area contributed by atoms with Gasteiger partial charge in [-0.25, -0.2) is 8.42 Å². The van der Waals surface area contributed by atoms with Crippen molar-refractivity contribution in [2.45, 2.75) is 38.1 Å². The molecule has 4 nitrogen and oxygen atoms in total. The summed E-state index contributed by atoms with van der Waals surface area (Å²) in [5.74, 6) is 0. The predicted molar refractivity (Wildman–Crippen MR) is 78.7 cm³/mol. The summed E-state index contributed by atoms with van der Waals surface area (Å²) in [6.07, 6.45) is 1.55. The molecule has 0 aliphatic heterocycles. The van der Waals surface area contributed by atoms with Crippen molar-refractivity contribution in [3.8, 4) is 0 Å². The largest absolute Gasteiger partial charge is 0.326 e. The van der Waals surface area contributed by atoms with E-state index in [1.54, 1.807) is 12.1 Å². The van der Waals surface area contributed by atoms with E-state index >= 15 is 0 Å². The highest BCUT2D eigenvalue weighted by Gasteiger charge is 2.25. The third-order valence-corrected chi connectivity index (χ3v) is 5.18. The maximum atomic E-state index is 12.5. The molecule has 0 heterocycles. The van der Waals surface area contributed by atoms with Crippen LogP contribution >= 0.6 is 11.6 Å².